The van der Waals surface area contributed by atoms with Crippen molar-refractivity contribution in [3.63, 3.8) is 0 Å². The number of anilines is 1. The summed E-state index contributed by atoms with van der Waals surface area (Å²) in [5.41, 5.74) is 3.24. The van der Waals surface area contributed by atoms with E-state index in [9.17, 15) is 13.2 Å². The van der Waals surface area contributed by atoms with Gasteiger partial charge < -0.3 is 5.32 Å². The van der Waals surface area contributed by atoms with Gasteiger partial charge in [0.1, 0.15) is 0 Å². The van der Waals surface area contributed by atoms with Gasteiger partial charge in [-0.05, 0) is 74.5 Å². The van der Waals surface area contributed by atoms with Crippen molar-refractivity contribution in [2.75, 3.05) is 18.4 Å². The Bertz CT molecular complexity index is 1190. The van der Waals surface area contributed by atoms with Crippen LogP contribution in [-0.4, -0.2) is 36.1 Å². The number of aryl methyl sites for hydroxylation is 3. The lowest BCUT2D eigenvalue weighted by Crippen LogP contribution is -2.44. The van der Waals surface area contributed by atoms with Crippen molar-refractivity contribution >= 4 is 43.2 Å². The van der Waals surface area contributed by atoms with Crippen molar-refractivity contribution in [2.24, 2.45) is 5.92 Å². The highest BCUT2D eigenvalue weighted by Gasteiger charge is 2.34. The zero-order chi connectivity index (χ0) is 21.5. The van der Waals surface area contributed by atoms with E-state index in [0.29, 0.717) is 30.0 Å². The van der Waals surface area contributed by atoms with Gasteiger partial charge in [0.15, 0.2) is 0 Å². The molecule has 1 saturated heterocycles. The van der Waals surface area contributed by atoms with E-state index in [1.165, 1.54) is 15.8 Å². The van der Waals surface area contributed by atoms with E-state index >= 15 is 0 Å². The van der Waals surface area contributed by atoms with Crippen LogP contribution in [0.2, 0.25) is 0 Å². The molecule has 158 valence electrons. The third-order valence-electron chi connectivity index (χ3n) is 5.58. The lowest BCUT2D eigenvalue weighted by Gasteiger charge is -2.32. The van der Waals surface area contributed by atoms with Crippen LogP contribution in [0.4, 0.5) is 5.69 Å². The molecule has 0 saturated carbocycles. The number of hydrogen-bond acceptors (Lipinski definition) is 5. The maximum absolute atomic E-state index is 13.4. The van der Waals surface area contributed by atoms with E-state index in [-0.39, 0.29) is 18.4 Å². The van der Waals surface area contributed by atoms with Gasteiger partial charge in [0.05, 0.1) is 15.5 Å². The first-order valence-electron chi connectivity index (χ1n) is 9.99. The highest BCUT2D eigenvalue weighted by molar-refractivity contribution is 7.89. The van der Waals surface area contributed by atoms with Crippen LogP contribution in [0.3, 0.4) is 0 Å². The van der Waals surface area contributed by atoms with Crippen molar-refractivity contribution in [1.82, 2.24) is 8.68 Å². The topological polar surface area (TPSA) is 79.4 Å². The second-order valence-electron chi connectivity index (χ2n) is 8.00. The molecule has 1 aliphatic rings. The Hall–Kier alpha value is -2.29. The molecule has 1 atom stereocenters. The van der Waals surface area contributed by atoms with Gasteiger partial charge >= 0.3 is 0 Å². The van der Waals surface area contributed by atoms with Crippen LogP contribution in [0, 0.1) is 26.7 Å². The number of fused-ring (bicyclic) bond motifs is 1. The van der Waals surface area contributed by atoms with Crippen LogP contribution in [-0.2, 0) is 14.8 Å². The molecule has 0 aliphatic carbocycles. The molecule has 4 rings (SSSR count). The highest BCUT2D eigenvalue weighted by atomic mass is 32.2. The molecule has 0 spiro atoms. The molecule has 1 N–H and O–H groups in total. The van der Waals surface area contributed by atoms with Crippen molar-refractivity contribution in [3.05, 3.63) is 53.2 Å². The fourth-order valence-corrected chi connectivity index (χ4v) is 6.83. The summed E-state index contributed by atoms with van der Waals surface area (Å²) in [5.74, 6) is -0.523. The number of benzene rings is 2. The quantitative estimate of drug-likeness (QED) is 0.653. The van der Waals surface area contributed by atoms with Gasteiger partial charge in [0, 0.05) is 30.4 Å². The number of nitrogens with one attached hydrogen (secondary N) is 1. The molecule has 1 aliphatic heterocycles. The second kappa shape index (κ2) is 8.09. The van der Waals surface area contributed by atoms with Gasteiger partial charge in [-0.1, -0.05) is 17.7 Å². The number of amides is 1. The maximum atomic E-state index is 13.4. The SMILES string of the molecule is Cc1cc(C)c(S(=O)(=O)N2CCCC(C(=O)Nc3ccc4sncc4c3)C2)c(C)c1. The zero-order valence-corrected chi connectivity index (χ0v) is 18.9. The fourth-order valence-electron chi connectivity index (χ4n) is 4.27. The molecule has 30 heavy (non-hydrogen) atoms. The Labute approximate surface area is 181 Å². The Morgan fingerprint density at radius 1 is 1.17 bits per heavy atom. The molecule has 1 fully saturated rings. The molecule has 1 amide bonds. The molecular formula is C22H25N3O3S2. The van der Waals surface area contributed by atoms with Crippen molar-refractivity contribution in [1.29, 1.82) is 0 Å². The van der Waals surface area contributed by atoms with Gasteiger partial charge in [0.25, 0.3) is 0 Å². The summed E-state index contributed by atoms with van der Waals surface area (Å²) >= 11 is 1.41. The van der Waals surface area contributed by atoms with Gasteiger partial charge in [-0.2, -0.15) is 8.68 Å². The first kappa shape index (κ1) is 21.0. The molecule has 2 heterocycles. The lowest BCUT2D eigenvalue weighted by molar-refractivity contribution is -0.120. The monoisotopic (exact) mass is 443 g/mol. The highest BCUT2D eigenvalue weighted by Crippen LogP contribution is 2.29. The van der Waals surface area contributed by atoms with Crippen LogP contribution < -0.4 is 5.32 Å². The van der Waals surface area contributed by atoms with Crippen LogP contribution in [0.1, 0.15) is 29.5 Å². The Balaban J connectivity index is 1.53. The summed E-state index contributed by atoms with van der Waals surface area (Å²) in [7, 11) is -3.65. The Morgan fingerprint density at radius 2 is 1.90 bits per heavy atom. The summed E-state index contributed by atoms with van der Waals surface area (Å²) in [5, 5.41) is 3.93. The predicted octanol–water partition coefficient (Wildman–Crippen LogP) is 4.26. The fraction of sp³-hybridized carbons (Fsp3) is 0.364. The number of carbonyl (C=O) groups excluding carboxylic acids is 1. The summed E-state index contributed by atoms with van der Waals surface area (Å²) < 4.78 is 33.4. The summed E-state index contributed by atoms with van der Waals surface area (Å²) in [6.07, 6.45) is 3.11. The summed E-state index contributed by atoms with van der Waals surface area (Å²) in [4.78, 5) is 13.2. The molecular weight excluding hydrogens is 418 g/mol. The molecule has 1 unspecified atom stereocenters. The number of piperidine rings is 1. The van der Waals surface area contributed by atoms with Crippen molar-refractivity contribution in [3.8, 4) is 0 Å². The lowest BCUT2D eigenvalue weighted by atomic mass is 9.98. The number of carbonyl (C=O) groups is 1. The second-order valence-corrected chi connectivity index (χ2v) is 10.7. The Kier molecular flexibility index (Phi) is 5.65. The molecule has 1 aromatic heterocycles. The molecule has 0 radical (unpaired) electrons. The normalized spacial score (nSPS) is 17.9. The minimum atomic E-state index is -3.65. The molecule has 0 bridgehead atoms. The average molecular weight is 444 g/mol. The van der Waals surface area contributed by atoms with Gasteiger partial charge in [0.2, 0.25) is 15.9 Å². The minimum absolute atomic E-state index is 0.144. The van der Waals surface area contributed by atoms with E-state index in [2.05, 4.69) is 9.69 Å². The van der Waals surface area contributed by atoms with Crippen LogP contribution in [0.25, 0.3) is 10.1 Å². The van der Waals surface area contributed by atoms with E-state index in [4.69, 9.17) is 0 Å². The largest absolute Gasteiger partial charge is 0.326 e. The van der Waals surface area contributed by atoms with Crippen LogP contribution in [0.5, 0.6) is 0 Å². The standard InChI is InChI=1S/C22H25N3O3S2/c1-14-9-15(2)21(16(3)10-14)30(27,28)25-8-4-5-17(13-25)22(26)24-19-6-7-20-18(11-19)12-23-29-20/h6-7,9-12,17H,4-5,8,13H2,1-3H3,(H,24,26). The van der Waals surface area contributed by atoms with Crippen molar-refractivity contribution in [2.45, 2.75) is 38.5 Å². The maximum Gasteiger partial charge on any atom is 0.243 e. The summed E-state index contributed by atoms with van der Waals surface area (Å²) in [6, 6.07) is 9.47. The Morgan fingerprint density at radius 3 is 2.63 bits per heavy atom. The molecule has 6 nitrogen and oxygen atoms in total. The van der Waals surface area contributed by atoms with Gasteiger partial charge in [-0.25, -0.2) is 8.42 Å². The van der Waals surface area contributed by atoms with E-state index < -0.39 is 10.0 Å². The number of aromatic nitrogens is 1. The molecule has 2 aromatic carbocycles. The van der Waals surface area contributed by atoms with E-state index in [1.54, 1.807) is 6.20 Å². The van der Waals surface area contributed by atoms with Crippen LogP contribution >= 0.6 is 11.5 Å². The average Bonchev–Trinajstić information content (AvgIpc) is 3.15. The van der Waals surface area contributed by atoms with E-state index in [0.717, 1.165) is 26.8 Å². The molecule has 3 aromatic rings. The number of rotatable bonds is 4. The van der Waals surface area contributed by atoms with Crippen molar-refractivity contribution < 1.29 is 13.2 Å². The van der Waals surface area contributed by atoms with Crippen LogP contribution in [0.15, 0.2) is 41.4 Å². The minimum Gasteiger partial charge on any atom is -0.326 e. The zero-order valence-electron chi connectivity index (χ0n) is 17.3. The number of nitrogens with zero attached hydrogens (tertiary/aromatic N) is 2. The number of hydrogen-bond donors (Lipinski definition) is 1. The van der Waals surface area contributed by atoms with Gasteiger partial charge in [-0.15, -0.1) is 0 Å². The van der Waals surface area contributed by atoms with Gasteiger partial charge in [-0.3, -0.25) is 4.79 Å². The molecule has 8 heteroatoms. The first-order valence-corrected chi connectivity index (χ1v) is 12.2. The summed E-state index contributed by atoms with van der Waals surface area (Å²) in [6.45, 7) is 6.25. The predicted molar refractivity (Wildman–Crippen MR) is 120 cm³/mol. The third kappa shape index (κ3) is 3.99. The number of sulfonamides is 1. The smallest absolute Gasteiger partial charge is 0.243 e. The van der Waals surface area contributed by atoms with E-state index in [1.807, 2.05) is 51.1 Å². The third-order valence-corrected chi connectivity index (χ3v) is 8.53. The first-order chi connectivity index (χ1) is 14.3.